The molecule has 0 N–H and O–H groups in total. The number of benzene rings is 1. The van der Waals surface area contributed by atoms with Crippen molar-refractivity contribution in [2.45, 2.75) is 38.5 Å². The first-order chi connectivity index (χ1) is 12.2. The molecule has 1 aliphatic heterocycles. The predicted molar refractivity (Wildman–Crippen MR) is 94.6 cm³/mol. The van der Waals surface area contributed by atoms with E-state index in [0.717, 1.165) is 55.8 Å². The van der Waals surface area contributed by atoms with Crippen molar-refractivity contribution in [2.24, 2.45) is 5.92 Å². The van der Waals surface area contributed by atoms with E-state index in [1.165, 1.54) is 0 Å². The van der Waals surface area contributed by atoms with E-state index in [9.17, 15) is 4.79 Å². The number of hydrogen-bond acceptors (Lipinski definition) is 4. The first-order valence-electron chi connectivity index (χ1n) is 9.05. The van der Waals surface area contributed by atoms with Crippen molar-refractivity contribution in [3.8, 4) is 11.6 Å². The van der Waals surface area contributed by atoms with Crippen LogP contribution in [0.4, 0.5) is 0 Å². The van der Waals surface area contributed by atoms with E-state index >= 15 is 0 Å². The standard InChI is InChI=1S/C20H23N3O2/c1-14-4-2-6-17(12-14)25-19-18(21-9-10-22-19)16-5-3-11-23(13-16)20(24)15-7-8-15/h2,4,6,9-10,12,15-16H,3,5,7-8,11,13H2,1H3/t16-/m0/s1. The number of hydrogen-bond donors (Lipinski definition) is 0. The smallest absolute Gasteiger partial charge is 0.241 e. The maximum absolute atomic E-state index is 12.4. The molecule has 2 fully saturated rings. The van der Waals surface area contributed by atoms with Crippen LogP contribution in [0.5, 0.6) is 11.6 Å². The Kier molecular flexibility index (Phi) is 4.38. The minimum Gasteiger partial charge on any atom is -0.437 e. The molecule has 130 valence electrons. The zero-order chi connectivity index (χ0) is 17.2. The number of piperidine rings is 1. The van der Waals surface area contributed by atoms with Crippen molar-refractivity contribution in [3.63, 3.8) is 0 Å². The van der Waals surface area contributed by atoms with Gasteiger partial charge in [-0.2, -0.15) is 0 Å². The fourth-order valence-corrected chi connectivity index (χ4v) is 3.47. The van der Waals surface area contributed by atoms with Crippen LogP contribution in [0, 0.1) is 12.8 Å². The average Bonchev–Trinajstić information content (AvgIpc) is 3.47. The predicted octanol–water partition coefficient (Wildman–Crippen LogP) is 3.69. The molecule has 2 aromatic rings. The summed E-state index contributed by atoms with van der Waals surface area (Å²) in [6.07, 6.45) is 7.48. The molecule has 1 saturated heterocycles. The lowest BCUT2D eigenvalue weighted by molar-refractivity contribution is -0.133. The summed E-state index contributed by atoms with van der Waals surface area (Å²) >= 11 is 0. The molecular weight excluding hydrogens is 314 g/mol. The van der Waals surface area contributed by atoms with Crippen molar-refractivity contribution >= 4 is 5.91 Å². The fraction of sp³-hybridized carbons (Fsp3) is 0.450. The second-order valence-electron chi connectivity index (χ2n) is 7.06. The molecule has 1 saturated carbocycles. The van der Waals surface area contributed by atoms with E-state index in [2.05, 4.69) is 9.97 Å². The van der Waals surface area contributed by atoms with E-state index < -0.39 is 0 Å². The van der Waals surface area contributed by atoms with Crippen LogP contribution in [0.1, 0.15) is 42.9 Å². The summed E-state index contributed by atoms with van der Waals surface area (Å²) in [5, 5.41) is 0. The molecule has 0 unspecified atom stereocenters. The quantitative estimate of drug-likeness (QED) is 0.854. The third-order valence-corrected chi connectivity index (χ3v) is 4.94. The van der Waals surface area contributed by atoms with Gasteiger partial charge in [0.25, 0.3) is 0 Å². The molecule has 5 nitrogen and oxygen atoms in total. The van der Waals surface area contributed by atoms with E-state index in [0.29, 0.717) is 11.8 Å². The van der Waals surface area contributed by atoms with Crippen LogP contribution < -0.4 is 4.74 Å². The molecule has 0 spiro atoms. The molecule has 1 aromatic carbocycles. The van der Waals surface area contributed by atoms with Crippen molar-refractivity contribution in [3.05, 3.63) is 47.9 Å². The highest BCUT2D eigenvalue weighted by molar-refractivity contribution is 5.81. The molecule has 2 aliphatic rings. The summed E-state index contributed by atoms with van der Waals surface area (Å²) in [4.78, 5) is 23.4. The fourth-order valence-electron chi connectivity index (χ4n) is 3.47. The van der Waals surface area contributed by atoms with Gasteiger partial charge in [-0.15, -0.1) is 0 Å². The highest BCUT2D eigenvalue weighted by atomic mass is 16.5. The lowest BCUT2D eigenvalue weighted by Crippen LogP contribution is -2.40. The Morgan fingerprint density at radius 3 is 2.84 bits per heavy atom. The average molecular weight is 337 g/mol. The summed E-state index contributed by atoms with van der Waals surface area (Å²) in [7, 11) is 0. The number of likely N-dealkylation sites (tertiary alicyclic amines) is 1. The Labute approximate surface area is 148 Å². The second-order valence-corrected chi connectivity index (χ2v) is 7.06. The monoisotopic (exact) mass is 337 g/mol. The van der Waals surface area contributed by atoms with Gasteiger partial charge < -0.3 is 9.64 Å². The molecule has 1 atom stereocenters. The van der Waals surface area contributed by atoms with Crippen LogP contribution in [0.2, 0.25) is 0 Å². The lowest BCUT2D eigenvalue weighted by Gasteiger charge is -2.33. The maximum Gasteiger partial charge on any atom is 0.241 e. The van der Waals surface area contributed by atoms with Gasteiger partial charge in [-0.25, -0.2) is 4.98 Å². The third kappa shape index (κ3) is 3.65. The number of aryl methyl sites for hydroxylation is 1. The van der Waals surface area contributed by atoms with Gasteiger partial charge >= 0.3 is 0 Å². The molecule has 0 radical (unpaired) electrons. The van der Waals surface area contributed by atoms with Crippen LogP contribution in [0.3, 0.4) is 0 Å². The second kappa shape index (κ2) is 6.82. The Morgan fingerprint density at radius 1 is 1.20 bits per heavy atom. The number of rotatable bonds is 4. The number of carbonyl (C=O) groups excluding carboxylic acids is 1. The highest BCUT2D eigenvalue weighted by Crippen LogP contribution is 2.36. The largest absolute Gasteiger partial charge is 0.437 e. The molecule has 0 bridgehead atoms. The molecule has 1 aromatic heterocycles. The van der Waals surface area contributed by atoms with Gasteiger partial charge in [-0.05, 0) is 50.3 Å². The number of aromatic nitrogens is 2. The minimum atomic E-state index is 0.185. The third-order valence-electron chi connectivity index (χ3n) is 4.94. The molecule has 1 aliphatic carbocycles. The summed E-state index contributed by atoms with van der Waals surface area (Å²) in [6, 6.07) is 7.92. The lowest BCUT2D eigenvalue weighted by atomic mass is 9.94. The molecule has 5 heteroatoms. The van der Waals surface area contributed by atoms with Crippen LogP contribution in [-0.4, -0.2) is 33.9 Å². The highest BCUT2D eigenvalue weighted by Gasteiger charge is 2.36. The number of carbonyl (C=O) groups is 1. The zero-order valence-corrected chi connectivity index (χ0v) is 14.5. The van der Waals surface area contributed by atoms with Crippen LogP contribution in [-0.2, 0) is 4.79 Å². The van der Waals surface area contributed by atoms with Gasteiger partial charge in [0.15, 0.2) is 0 Å². The molecular formula is C20H23N3O2. The van der Waals surface area contributed by atoms with Crippen LogP contribution in [0.15, 0.2) is 36.7 Å². The van der Waals surface area contributed by atoms with E-state index in [1.54, 1.807) is 12.4 Å². The summed E-state index contributed by atoms with van der Waals surface area (Å²) in [5.74, 6) is 2.09. The van der Waals surface area contributed by atoms with Gasteiger partial charge in [0.05, 0.1) is 0 Å². The first-order valence-corrected chi connectivity index (χ1v) is 9.05. The minimum absolute atomic E-state index is 0.185. The summed E-state index contributed by atoms with van der Waals surface area (Å²) in [6.45, 7) is 3.62. The van der Waals surface area contributed by atoms with E-state index in [1.807, 2.05) is 36.1 Å². The Hall–Kier alpha value is -2.43. The molecule has 4 rings (SSSR count). The Balaban J connectivity index is 1.54. The van der Waals surface area contributed by atoms with E-state index in [4.69, 9.17) is 4.74 Å². The van der Waals surface area contributed by atoms with Crippen molar-refractivity contribution < 1.29 is 9.53 Å². The maximum atomic E-state index is 12.4. The van der Waals surface area contributed by atoms with Gasteiger partial charge in [0, 0.05) is 37.3 Å². The van der Waals surface area contributed by atoms with Crippen molar-refractivity contribution in [1.29, 1.82) is 0 Å². The van der Waals surface area contributed by atoms with Crippen LogP contribution >= 0.6 is 0 Å². The number of ether oxygens (including phenoxy) is 1. The van der Waals surface area contributed by atoms with Gasteiger partial charge in [-0.1, -0.05) is 12.1 Å². The molecule has 2 heterocycles. The summed E-state index contributed by atoms with van der Waals surface area (Å²) < 4.78 is 6.02. The molecule has 25 heavy (non-hydrogen) atoms. The van der Waals surface area contributed by atoms with Crippen molar-refractivity contribution in [1.82, 2.24) is 14.9 Å². The topological polar surface area (TPSA) is 55.3 Å². The number of nitrogens with zero attached hydrogens (tertiary/aromatic N) is 3. The summed E-state index contributed by atoms with van der Waals surface area (Å²) in [5.41, 5.74) is 2.00. The first kappa shape index (κ1) is 16.1. The Bertz CT molecular complexity index is 773. The normalized spacial score (nSPS) is 20.4. The van der Waals surface area contributed by atoms with Gasteiger partial charge in [0.1, 0.15) is 11.4 Å². The van der Waals surface area contributed by atoms with E-state index in [-0.39, 0.29) is 11.8 Å². The zero-order valence-electron chi connectivity index (χ0n) is 14.5. The van der Waals surface area contributed by atoms with Crippen LogP contribution in [0.25, 0.3) is 0 Å². The Morgan fingerprint density at radius 2 is 2.04 bits per heavy atom. The van der Waals surface area contributed by atoms with Crippen molar-refractivity contribution in [2.75, 3.05) is 13.1 Å². The molecule has 1 amide bonds. The van der Waals surface area contributed by atoms with Gasteiger partial charge in [-0.3, -0.25) is 9.78 Å². The van der Waals surface area contributed by atoms with Gasteiger partial charge in [0.2, 0.25) is 11.8 Å². The SMILES string of the molecule is Cc1cccc(Oc2nccnc2[C@H]2CCCN(C(=O)C3CC3)C2)c1. The number of amides is 1.